The number of methoxy groups -OCH3 is 1. The van der Waals surface area contributed by atoms with E-state index in [4.69, 9.17) is 14.3 Å². The largest absolute Gasteiger partial charge is 0.481 e. The smallest absolute Gasteiger partial charge is 0.304 e. The topological polar surface area (TPSA) is 59.7 Å². The van der Waals surface area contributed by atoms with Crippen molar-refractivity contribution in [3.05, 3.63) is 23.7 Å². The quantitative estimate of drug-likeness (QED) is 0.812. The van der Waals surface area contributed by atoms with Gasteiger partial charge in [-0.2, -0.15) is 0 Å². The van der Waals surface area contributed by atoms with Crippen molar-refractivity contribution in [1.29, 1.82) is 0 Å². The average molecular weight is 212 g/mol. The molecule has 0 radical (unpaired) electrons. The van der Waals surface area contributed by atoms with Crippen LogP contribution in [0.15, 0.2) is 16.7 Å². The van der Waals surface area contributed by atoms with E-state index in [9.17, 15) is 4.79 Å². The Kier molecular flexibility index (Phi) is 3.52. The molecule has 0 saturated heterocycles. The summed E-state index contributed by atoms with van der Waals surface area (Å²) < 4.78 is 10.4. The number of carboxylic acid groups (broad SMARTS) is 1. The molecule has 4 heteroatoms. The number of carboxylic acids is 1. The van der Waals surface area contributed by atoms with E-state index in [0.717, 1.165) is 5.56 Å². The van der Waals surface area contributed by atoms with Gasteiger partial charge < -0.3 is 14.3 Å². The van der Waals surface area contributed by atoms with Crippen molar-refractivity contribution in [2.75, 3.05) is 7.11 Å². The maximum atomic E-state index is 10.7. The van der Waals surface area contributed by atoms with Crippen LogP contribution in [0.5, 0.6) is 0 Å². The van der Waals surface area contributed by atoms with E-state index >= 15 is 0 Å². The maximum Gasteiger partial charge on any atom is 0.304 e. The van der Waals surface area contributed by atoms with Crippen LogP contribution in [0.4, 0.5) is 0 Å². The zero-order valence-electron chi connectivity index (χ0n) is 9.24. The summed E-state index contributed by atoms with van der Waals surface area (Å²) in [6.45, 7) is 4.13. The highest BCUT2D eigenvalue weighted by Crippen LogP contribution is 2.31. The van der Waals surface area contributed by atoms with Gasteiger partial charge in [0.15, 0.2) is 0 Å². The Morgan fingerprint density at radius 3 is 2.80 bits per heavy atom. The minimum atomic E-state index is -0.834. The van der Waals surface area contributed by atoms with Crippen LogP contribution in [0.25, 0.3) is 0 Å². The minimum Gasteiger partial charge on any atom is -0.481 e. The highest BCUT2D eigenvalue weighted by Gasteiger charge is 2.29. The molecule has 0 spiro atoms. The van der Waals surface area contributed by atoms with Crippen molar-refractivity contribution in [2.45, 2.75) is 32.3 Å². The molecule has 0 unspecified atom stereocenters. The predicted octanol–water partition coefficient (Wildman–Crippen LogP) is 2.18. The average Bonchev–Trinajstić information content (AvgIpc) is 2.51. The van der Waals surface area contributed by atoms with Gasteiger partial charge in [0.2, 0.25) is 0 Å². The van der Waals surface area contributed by atoms with Gasteiger partial charge in [-0.1, -0.05) is 13.8 Å². The van der Waals surface area contributed by atoms with Gasteiger partial charge in [0.1, 0.15) is 5.76 Å². The van der Waals surface area contributed by atoms with Gasteiger partial charge in [-0.3, -0.25) is 4.79 Å². The Hall–Kier alpha value is -1.29. The summed E-state index contributed by atoms with van der Waals surface area (Å²) in [5.41, 5.74) is 0.396. The van der Waals surface area contributed by atoms with Crippen molar-refractivity contribution in [2.24, 2.45) is 0 Å². The number of rotatable bonds is 5. The third kappa shape index (κ3) is 2.83. The molecule has 1 heterocycles. The lowest BCUT2D eigenvalue weighted by molar-refractivity contribution is -0.138. The fourth-order valence-electron chi connectivity index (χ4n) is 1.66. The predicted molar refractivity (Wildman–Crippen MR) is 54.7 cm³/mol. The van der Waals surface area contributed by atoms with Gasteiger partial charge in [0.05, 0.1) is 19.3 Å². The Labute approximate surface area is 88.8 Å². The Morgan fingerprint density at radius 1 is 1.60 bits per heavy atom. The zero-order valence-corrected chi connectivity index (χ0v) is 9.24. The standard InChI is InChI=1S/C11H16O4/c1-11(2,6-9(12)13)10-8(7-14-3)4-5-15-10/h4-5H,6-7H2,1-3H3,(H,12,13). The third-order valence-corrected chi connectivity index (χ3v) is 2.25. The molecule has 0 atom stereocenters. The van der Waals surface area contributed by atoms with Crippen LogP contribution in [0.2, 0.25) is 0 Å². The molecular weight excluding hydrogens is 196 g/mol. The van der Waals surface area contributed by atoms with Gasteiger partial charge in [-0.25, -0.2) is 0 Å². The van der Waals surface area contributed by atoms with Gasteiger partial charge in [0, 0.05) is 18.1 Å². The van der Waals surface area contributed by atoms with Crippen LogP contribution in [0, 0.1) is 0 Å². The number of hydrogen-bond acceptors (Lipinski definition) is 3. The first-order chi connectivity index (χ1) is 6.97. The summed E-state index contributed by atoms with van der Waals surface area (Å²) >= 11 is 0. The molecule has 84 valence electrons. The van der Waals surface area contributed by atoms with E-state index in [1.54, 1.807) is 13.4 Å². The van der Waals surface area contributed by atoms with Crippen molar-refractivity contribution >= 4 is 5.97 Å². The van der Waals surface area contributed by atoms with E-state index in [2.05, 4.69) is 0 Å². The van der Waals surface area contributed by atoms with E-state index in [-0.39, 0.29) is 6.42 Å². The molecule has 15 heavy (non-hydrogen) atoms. The van der Waals surface area contributed by atoms with Crippen LogP contribution >= 0.6 is 0 Å². The molecule has 0 aliphatic heterocycles. The van der Waals surface area contributed by atoms with E-state index in [1.807, 2.05) is 19.9 Å². The van der Waals surface area contributed by atoms with Crippen molar-refractivity contribution < 1.29 is 19.1 Å². The molecule has 1 rings (SSSR count). The van der Waals surface area contributed by atoms with Gasteiger partial charge in [0.25, 0.3) is 0 Å². The highest BCUT2D eigenvalue weighted by atomic mass is 16.5. The molecule has 4 nitrogen and oxygen atoms in total. The second-order valence-electron chi connectivity index (χ2n) is 4.16. The fourth-order valence-corrected chi connectivity index (χ4v) is 1.66. The summed E-state index contributed by atoms with van der Waals surface area (Å²) in [7, 11) is 1.60. The Bertz CT molecular complexity index is 338. The summed E-state index contributed by atoms with van der Waals surface area (Å²) in [6, 6.07) is 1.81. The molecule has 1 aromatic rings. The maximum absolute atomic E-state index is 10.7. The lowest BCUT2D eigenvalue weighted by Crippen LogP contribution is -2.22. The molecule has 1 aromatic heterocycles. The van der Waals surface area contributed by atoms with Crippen LogP contribution < -0.4 is 0 Å². The van der Waals surface area contributed by atoms with E-state index in [0.29, 0.717) is 12.4 Å². The minimum absolute atomic E-state index is 0.0389. The molecule has 1 N–H and O–H groups in total. The SMILES string of the molecule is COCc1ccoc1C(C)(C)CC(=O)O. The first kappa shape index (κ1) is 11.8. The lowest BCUT2D eigenvalue weighted by Gasteiger charge is -2.21. The molecule has 0 fully saturated rings. The molecule has 0 bridgehead atoms. The van der Waals surface area contributed by atoms with E-state index in [1.165, 1.54) is 0 Å². The molecule has 0 aliphatic carbocycles. The van der Waals surface area contributed by atoms with Crippen molar-refractivity contribution in [3.63, 3.8) is 0 Å². The summed E-state index contributed by atoms with van der Waals surface area (Å²) in [5, 5.41) is 8.80. The Balaban J connectivity index is 2.92. The van der Waals surface area contributed by atoms with Crippen LogP contribution in [-0.2, 0) is 21.6 Å². The van der Waals surface area contributed by atoms with Gasteiger partial charge >= 0.3 is 5.97 Å². The summed E-state index contributed by atoms with van der Waals surface area (Å²) in [5.74, 6) is -0.147. The molecule has 0 saturated carbocycles. The fraction of sp³-hybridized carbons (Fsp3) is 0.545. The van der Waals surface area contributed by atoms with Crippen molar-refractivity contribution in [3.8, 4) is 0 Å². The molecule has 0 aromatic carbocycles. The second-order valence-corrected chi connectivity index (χ2v) is 4.16. The number of hydrogen-bond donors (Lipinski definition) is 1. The summed E-state index contributed by atoms with van der Waals surface area (Å²) in [4.78, 5) is 10.7. The number of ether oxygens (including phenoxy) is 1. The van der Waals surface area contributed by atoms with Crippen LogP contribution in [0.1, 0.15) is 31.6 Å². The first-order valence-corrected chi connectivity index (χ1v) is 4.75. The lowest BCUT2D eigenvalue weighted by atomic mass is 9.84. The van der Waals surface area contributed by atoms with Gasteiger partial charge in [-0.15, -0.1) is 0 Å². The molecule has 0 amide bonds. The van der Waals surface area contributed by atoms with Crippen LogP contribution in [-0.4, -0.2) is 18.2 Å². The molecular formula is C11H16O4. The van der Waals surface area contributed by atoms with Crippen molar-refractivity contribution in [1.82, 2.24) is 0 Å². The highest BCUT2D eigenvalue weighted by molar-refractivity contribution is 5.68. The number of aliphatic carboxylic acids is 1. The zero-order chi connectivity index (χ0) is 11.5. The normalized spacial score (nSPS) is 11.7. The second kappa shape index (κ2) is 4.49. The third-order valence-electron chi connectivity index (χ3n) is 2.25. The van der Waals surface area contributed by atoms with Gasteiger partial charge in [-0.05, 0) is 6.07 Å². The summed E-state index contributed by atoms with van der Waals surface area (Å²) in [6.07, 6.45) is 1.60. The molecule has 0 aliphatic rings. The van der Waals surface area contributed by atoms with E-state index < -0.39 is 11.4 Å². The van der Waals surface area contributed by atoms with Crippen LogP contribution in [0.3, 0.4) is 0 Å². The number of carbonyl (C=O) groups is 1. The number of furan rings is 1. The first-order valence-electron chi connectivity index (χ1n) is 4.75. The Morgan fingerprint density at radius 2 is 2.27 bits per heavy atom. The monoisotopic (exact) mass is 212 g/mol.